The van der Waals surface area contributed by atoms with Crippen molar-refractivity contribution in [2.24, 2.45) is 29.6 Å². The fourth-order valence-corrected chi connectivity index (χ4v) is 8.71. The van der Waals surface area contributed by atoms with E-state index in [0.29, 0.717) is 6.10 Å². The van der Waals surface area contributed by atoms with Gasteiger partial charge in [0.2, 0.25) is 4.20 Å². The summed E-state index contributed by atoms with van der Waals surface area (Å²) in [5.41, 5.74) is 0. The van der Waals surface area contributed by atoms with Gasteiger partial charge in [0.05, 0.1) is 6.10 Å². The average molecular weight is 382 g/mol. The molecule has 0 aromatic heterocycles. The van der Waals surface area contributed by atoms with Crippen LogP contribution < -0.4 is 0 Å². The molecule has 0 aromatic carbocycles. The second kappa shape index (κ2) is 9.06. The number of rotatable bonds is 3. The summed E-state index contributed by atoms with van der Waals surface area (Å²) in [6.45, 7) is 3.36. The van der Waals surface area contributed by atoms with E-state index in [4.69, 9.17) is 4.74 Å². The van der Waals surface area contributed by atoms with Crippen molar-refractivity contribution < 1.29 is 4.74 Å². The van der Waals surface area contributed by atoms with Gasteiger partial charge in [-0.2, -0.15) is 0 Å². The molecule has 0 spiro atoms. The molecule has 3 fully saturated rings. The molecule has 0 bridgehead atoms. The molecule has 0 amide bonds. The van der Waals surface area contributed by atoms with Gasteiger partial charge in [-0.05, 0) is 87.9 Å². The largest absolute Gasteiger partial charge is 0.378 e. The van der Waals surface area contributed by atoms with E-state index in [1.54, 1.807) is 4.20 Å². The van der Waals surface area contributed by atoms with Crippen LogP contribution in [-0.4, -0.2) is 28.4 Å². The average Bonchev–Trinajstić information content (AvgIpc) is 2.70. The maximum Gasteiger partial charge on any atom is 0.237 e. The van der Waals surface area contributed by atoms with Crippen molar-refractivity contribution in [1.29, 1.82) is 0 Å². The molecule has 2 unspecified atom stereocenters. The molecule has 1 nitrogen and oxygen atoms in total. The second-order valence-electron chi connectivity index (χ2n) is 9.21. The SMILES string of the molecule is CC1CCC(C2CCC(C3CCC(C4=[S+]CCCS4)CC3)CC2)OC1. The fraction of sp³-hybridized carbons (Fsp3) is 0.955. The van der Waals surface area contributed by atoms with Crippen LogP contribution in [0.25, 0.3) is 0 Å². The first-order chi connectivity index (χ1) is 12.3. The van der Waals surface area contributed by atoms with Crippen LogP contribution in [0.15, 0.2) is 0 Å². The van der Waals surface area contributed by atoms with Crippen LogP contribution in [0.3, 0.4) is 0 Å². The van der Waals surface area contributed by atoms with E-state index in [1.807, 2.05) is 0 Å². The molecule has 2 aliphatic heterocycles. The molecule has 2 saturated carbocycles. The van der Waals surface area contributed by atoms with E-state index in [2.05, 4.69) is 30.0 Å². The zero-order chi connectivity index (χ0) is 17.1. The molecule has 0 radical (unpaired) electrons. The first-order valence-electron chi connectivity index (χ1n) is 11.0. The van der Waals surface area contributed by atoms with Crippen LogP contribution in [0.2, 0.25) is 0 Å². The van der Waals surface area contributed by atoms with Gasteiger partial charge in [-0.3, -0.25) is 0 Å². The van der Waals surface area contributed by atoms with Gasteiger partial charge in [0.25, 0.3) is 0 Å². The van der Waals surface area contributed by atoms with Crippen molar-refractivity contribution in [3.63, 3.8) is 0 Å². The van der Waals surface area contributed by atoms with Crippen LogP contribution in [0, 0.1) is 29.6 Å². The maximum absolute atomic E-state index is 6.18. The standard InChI is InChI=1S/C22H37OS2/c1-16-3-12-21(23-15-16)19-8-4-17(5-9-19)18-6-10-20(11-7-18)22-24-13-2-14-25-22/h16-21H,2-15H2,1H3/q+1. The van der Waals surface area contributed by atoms with E-state index < -0.39 is 0 Å². The van der Waals surface area contributed by atoms with Gasteiger partial charge in [-0.25, -0.2) is 0 Å². The molecule has 2 atom stereocenters. The highest BCUT2D eigenvalue weighted by Gasteiger charge is 2.37. The van der Waals surface area contributed by atoms with Gasteiger partial charge in [0, 0.05) is 24.7 Å². The first kappa shape index (κ1) is 18.7. The lowest BCUT2D eigenvalue weighted by Crippen LogP contribution is -2.35. The first-order valence-corrected chi connectivity index (χ1v) is 13.0. The predicted octanol–water partition coefficient (Wildman–Crippen LogP) is 5.76. The third-order valence-corrected chi connectivity index (χ3v) is 10.4. The number of ether oxygens (including phenoxy) is 1. The normalized spacial score (nSPS) is 43.5. The molecular formula is C22H37OS2+. The number of thioether (sulfide) groups is 1. The summed E-state index contributed by atoms with van der Waals surface area (Å²) in [5, 5.41) is 0. The smallest absolute Gasteiger partial charge is 0.237 e. The minimum atomic E-state index is 0.602. The van der Waals surface area contributed by atoms with E-state index in [-0.39, 0.29) is 0 Å². The summed E-state index contributed by atoms with van der Waals surface area (Å²) < 4.78 is 7.99. The highest BCUT2D eigenvalue weighted by Crippen LogP contribution is 2.44. The van der Waals surface area contributed by atoms with Gasteiger partial charge in [0.1, 0.15) is 0 Å². The quantitative estimate of drug-likeness (QED) is 0.454. The van der Waals surface area contributed by atoms with Crippen molar-refractivity contribution in [2.45, 2.75) is 83.7 Å². The Kier molecular flexibility index (Phi) is 6.80. The molecule has 4 aliphatic rings. The molecule has 1 saturated heterocycles. The molecule has 142 valence electrons. The topological polar surface area (TPSA) is 9.23 Å². The Hall–Kier alpha value is 0.400. The van der Waals surface area contributed by atoms with Crippen LogP contribution in [0.4, 0.5) is 0 Å². The van der Waals surface area contributed by atoms with Crippen molar-refractivity contribution in [3.8, 4) is 0 Å². The fourth-order valence-electron chi connectivity index (χ4n) is 5.77. The Labute approximate surface area is 163 Å². The summed E-state index contributed by atoms with van der Waals surface area (Å²) in [5.74, 6) is 7.47. The van der Waals surface area contributed by atoms with E-state index in [9.17, 15) is 0 Å². The molecule has 0 N–H and O–H groups in total. The zero-order valence-electron chi connectivity index (χ0n) is 16.1. The predicted molar refractivity (Wildman–Crippen MR) is 113 cm³/mol. The lowest BCUT2D eigenvalue weighted by Gasteiger charge is -2.40. The van der Waals surface area contributed by atoms with Crippen molar-refractivity contribution in [3.05, 3.63) is 0 Å². The van der Waals surface area contributed by atoms with E-state index in [0.717, 1.165) is 36.2 Å². The van der Waals surface area contributed by atoms with Crippen molar-refractivity contribution in [2.75, 3.05) is 18.1 Å². The number of hydrogen-bond acceptors (Lipinski definition) is 2. The minimum absolute atomic E-state index is 0.602. The summed E-state index contributed by atoms with van der Waals surface area (Å²) in [4.78, 5) is 0. The Morgan fingerprint density at radius 2 is 1.52 bits per heavy atom. The summed E-state index contributed by atoms with van der Waals surface area (Å²) in [6.07, 6.45) is 16.6. The molecule has 3 heteroatoms. The van der Waals surface area contributed by atoms with Gasteiger partial charge >= 0.3 is 0 Å². The molecule has 25 heavy (non-hydrogen) atoms. The van der Waals surface area contributed by atoms with Gasteiger partial charge in [0.15, 0.2) is 17.1 Å². The summed E-state index contributed by atoms with van der Waals surface area (Å²) >= 11 is 4.38. The highest BCUT2D eigenvalue weighted by atomic mass is 32.2. The van der Waals surface area contributed by atoms with Gasteiger partial charge in [-0.15, -0.1) is 0 Å². The lowest BCUT2D eigenvalue weighted by atomic mass is 9.68. The highest BCUT2D eigenvalue weighted by molar-refractivity contribution is 8.23. The third kappa shape index (κ3) is 4.82. The van der Waals surface area contributed by atoms with E-state index >= 15 is 0 Å². The molecule has 4 rings (SSSR count). The minimum Gasteiger partial charge on any atom is -0.378 e. The Balaban J connectivity index is 1.20. The Bertz CT molecular complexity index is 439. The zero-order valence-corrected chi connectivity index (χ0v) is 17.7. The van der Waals surface area contributed by atoms with Crippen LogP contribution in [-0.2, 0) is 16.1 Å². The molecule has 2 heterocycles. The second-order valence-corrected chi connectivity index (χ2v) is 11.7. The maximum atomic E-state index is 6.18. The van der Waals surface area contributed by atoms with Crippen LogP contribution >= 0.6 is 11.8 Å². The van der Waals surface area contributed by atoms with Crippen molar-refractivity contribution in [1.82, 2.24) is 0 Å². The summed E-state index contributed by atoms with van der Waals surface area (Å²) in [7, 11) is 0. The molecule has 0 aromatic rings. The van der Waals surface area contributed by atoms with Crippen LogP contribution in [0.5, 0.6) is 0 Å². The van der Waals surface area contributed by atoms with E-state index in [1.165, 1.54) is 82.1 Å². The van der Waals surface area contributed by atoms with Crippen molar-refractivity contribution >= 4 is 27.3 Å². The third-order valence-electron chi connectivity index (χ3n) is 7.43. The summed E-state index contributed by atoms with van der Waals surface area (Å²) in [6, 6.07) is 0. The molecular weight excluding hydrogens is 344 g/mol. The molecule has 2 aliphatic carbocycles. The lowest BCUT2D eigenvalue weighted by molar-refractivity contribution is -0.0568. The van der Waals surface area contributed by atoms with Crippen LogP contribution in [0.1, 0.15) is 77.6 Å². The monoisotopic (exact) mass is 381 g/mol. The Morgan fingerprint density at radius 1 is 0.840 bits per heavy atom. The Morgan fingerprint density at radius 3 is 2.12 bits per heavy atom. The number of hydrogen-bond donors (Lipinski definition) is 0. The van der Waals surface area contributed by atoms with Gasteiger partial charge in [-0.1, -0.05) is 18.7 Å². The van der Waals surface area contributed by atoms with Gasteiger partial charge < -0.3 is 4.74 Å².